The number of nitrogens with two attached hydrogens (primary N) is 1. The molecule has 1 fully saturated rings. The van der Waals surface area contributed by atoms with Crippen LogP contribution in [0.2, 0.25) is 0 Å². The fraction of sp³-hybridized carbons (Fsp3) is 0.611. The van der Waals surface area contributed by atoms with Crippen LogP contribution in [0.4, 0.5) is 0 Å². The van der Waals surface area contributed by atoms with Gasteiger partial charge in [-0.3, -0.25) is 4.79 Å². The third-order valence-electron chi connectivity index (χ3n) is 4.50. The van der Waals surface area contributed by atoms with Gasteiger partial charge in [-0.25, -0.2) is 0 Å². The van der Waals surface area contributed by atoms with Crippen LogP contribution >= 0.6 is 24.2 Å². The summed E-state index contributed by atoms with van der Waals surface area (Å²) in [6.07, 6.45) is 2.36. The molecule has 2 rings (SSSR count). The van der Waals surface area contributed by atoms with Crippen molar-refractivity contribution in [2.75, 3.05) is 25.4 Å². The molecule has 5 heteroatoms. The molecule has 2 N–H and O–H groups in total. The van der Waals surface area contributed by atoms with Crippen LogP contribution in [0.1, 0.15) is 38.2 Å². The topological polar surface area (TPSA) is 46.3 Å². The van der Waals surface area contributed by atoms with Crippen LogP contribution in [0, 0.1) is 5.92 Å². The monoisotopic (exact) mass is 356 g/mol. The molecule has 1 aromatic carbocycles. The minimum Gasteiger partial charge on any atom is -0.341 e. The van der Waals surface area contributed by atoms with Crippen LogP contribution in [-0.4, -0.2) is 41.4 Å². The smallest absolute Gasteiger partial charge is 0.235 e. The third kappa shape index (κ3) is 5.40. The standard InChI is InChI=1S/C18H28N2OS.ClH/c1-3-4-10-22-14(2)18(21)20-12-16(11-19)17(13-20)15-8-6-5-7-9-15;/h5-9,14,16-17H,3-4,10-13,19H2,1-2H3;1H/t14?,16-,17+;/m1./s1. The second-order valence-corrected chi connectivity index (χ2v) is 7.57. The Bertz CT molecular complexity index is 471. The summed E-state index contributed by atoms with van der Waals surface area (Å²) in [6.45, 7) is 6.47. The average molecular weight is 357 g/mol. The summed E-state index contributed by atoms with van der Waals surface area (Å²) in [7, 11) is 0. The van der Waals surface area contributed by atoms with Crippen LogP contribution in [0.3, 0.4) is 0 Å². The number of carbonyl (C=O) groups is 1. The second-order valence-electron chi connectivity index (χ2n) is 6.12. The number of nitrogens with zero attached hydrogens (tertiary/aromatic N) is 1. The molecule has 0 saturated carbocycles. The van der Waals surface area contributed by atoms with Gasteiger partial charge in [0.05, 0.1) is 5.25 Å². The zero-order valence-electron chi connectivity index (χ0n) is 14.1. The summed E-state index contributed by atoms with van der Waals surface area (Å²) in [5.74, 6) is 2.10. The Morgan fingerprint density at radius 1 is 1.35 bits per heavy atom. The van der Waals surface area contributed by atoms with Gasteiger partial charge < -0.3 is 10.6 Å². The highest BCUT2D eigenvalue weighted by atomic mass is 35.5. The van der Waals surface area contributed by atoms with Crippen molar-refractivity contribution in [3.8, 4) is 0 Å². The summed E-state index contributed by atoms with van der Waals surface area (Å²) in [5.41, 5.74) is 7.26. The molecule has 130 valence electrons. The number of carbonyl (C=O) groups excluding carboxylic acids is 1. The first kappa shape index (κ1) is 20.3. The van der Waals surface area contributed by atoms with Gasteiger partial charge in [-0.05, 0) is 37.1 Å². The number of amides is 1. The second kappa shape index (κ2) is 10.2. The number of likely N-dealkylation sites (tertiary alicyclic amines) is 1. The van der Waals surface area contributed by atoms with E-state index in [1.807, 2.05) is 17.9 Å². The van der Waals surface area contributed by atoms with Gasteiger partial charge in [0.15, 0.2) is 0 Å². The Morgan fingerprint density at radius 2 is 2.04 bits per heavy atom. The van der Waals surface area contributed by atoms with Crippen LogP contribution in [0.25, 0.3) is 0 Å². The molecule has 1 aliphatic rings. The van der Waals surface area contributed by atoms with Gasteiger partial charge in [0.1, 0.15) is 0 Å². The summed E-state index contributed by atoms with van der Waals surface area (Å²) < 4.78 is 0. The predicted octanol–water partition coefficient (Wildman–Crippen LogP) is 3.53. The number of rotatable bonds is 7. The van der Waals surface area contributed by atoms with E-state index in [1.54, 1.807) is 11.8 Å². The quantitative estimate of drug-likeness (QED) is 0.760. The van der Waals surface area contributed by atoms with Crippen molar-refractivity contribution in [2.24, 2.45) is 11.7 Å². The van der Waals surface area contributed by atoms with E-state index in [-0.39, 0.29) is 23.6 Å². The minimum atomic E-state index is 0. The van der Waals surface area contributed by atoms with Crippen LogP contribution in [0.15, 0.2) is 30.3 Å². The van der Waals surface area contributed by atoms with Crippen molar-refractivity contribution < 1.29 is 4.79 Å². The van der Waals surface area contributed by atoms with Crippen molar-refractivity contribution in [3.63, 3.8) is 0 Å². The molecule has 1 unspecified atom stereocenters. The van der Waals surface area contributed by atoms with Crippen molar-refractivity contribution in [1.82, 2.24) is 4.90 Å². The van der Waals surface area contributed by atoms with Gasteiger partial charge in [-0.15, -0.1) is 24.2 Å². The molecule has 1 aliphatic heterocycles. The largest absolute Gasteiger partial charge is 0.341 e. The first-order valence-corrected chi connectivity index (χ1v) is 9.37. The Labute approximate surface area is 150 Å². The molecule has 1 aromatic rings. The summed E-state index contributed by atoms with van der Waals surface area (Å²) in [6, 6.07) is 10.5. The van der Waals surface area contributed by atoms with Crippen molar-refractivity contribution >= 4 is 30.1 Å². The number of hydrogen-bond acceptors (Lipinski definition) is 3. The van der Waals surface area contributed by atoms with E-state index in [0.29, 0.717) is 18.4 Å². The molecule has 0 aliphatic carbocycles. The zero-order chi connectivity index (χ0) is 15.9. The zero-order valence-corrected chi connectivity index (χ0v) is 15.7. The fourth-order valence-electron chi connectivity index (χ4n) is 3.10. The van der Waals surface area contributed by atoms with Gasteiger partial charge in [-0.2, -0.15) is 0 Å². The van der Waals surface area contributed by atoms with Crippen molar-refractivity contribution in [3.05, 3.63) is 35.9 Å². The summed E-state index contributed by atoms with van der Waals surface area (Å²) in [4.78, 5) is 14.7. The van der Waals surface area contributed by atoms with Gasteiger partial charge in [0.25, 0.3) is 0 Å². The molecule has 3 atom stereocenters. The van der Waals surface area contributed by atoms with Crippen LogP contribution < -0.4 is 5.73 Å². The molecule has 0 bridgehead atoms. The van der Waals surface area contributed by atoms with Crippen LogP contribution in [0.5, 0.6) is 0 Å². The fourth-order valence-corrected chi connectivity index (χ4v) is 4.20. The Morgan fingerprint density at radius 3 is 2.65 bits per heavy atom. The lowest BCUT2D eigenvalue weighted by Gasteiger charge is -2.21. The van der Waals surface area contributed by atoms with E-state index in [9.17, 15) is 4.79 Å². The third-order valence-corrected chi connectivity index (χ3v) is 5.72. The highest BCUT2D eigenvalue weighted by molar-refractivity contribution is 8.00. The Kier molecular flexibility index (Phi) is 9.03. The molecule has 1 heterocycles. The van der Waals surface area contributed by atoms with E-state index in [0.717, 1.165) is 18.8 Å². The molecule has 1 saturated heterocycles. The maximum Gasteiger partial charge on any atom is 0.235 e. The number of benzene rings is 1. The Hall–Kier alpha value is -0.710. The summed E-state index contributed by atoms with van der Waals surface area (Å²) >= 11 is 1.78. The minimum absolute atomic E-state index is 0. The van der Waals surface area contributed by atoms with Crippen molar-refractivity contribution in [1.29, 1.82) is 0 Å². The van der Waals surface area contributed by atoms with E-state index >= 15 is 0 Å². The maximum absolute atomic E-state index is 12.6. The van der Waals surface area contributed by atoms with E-state index in [2.05, 4.69) is 31.2 Å². The highest BCUT2D eigenvalue weighted by Gasteiger charge is 2.36. The van der Waals surface area contributed by atoms with Gasteiger partial charge in [0.2, 0.25) is 5.91 Å². The number of thioether (sulfide) groups is 1. The number of hydrogen-bond donors (Lipinski definition) is 1. The first-order valence-electron chi connectivity index (χ1n) is 8.32. The number of halogens is 1. The Balaban J connectivity index is 0.00000264. The van der Waals surface area contributed by atoms with Crippen LogP contribution in [-0.2, 0) is 4.79 Å². The van der Waals surface area contributed by atoms with E-state index < -0.39 is 0 Å². The molecule has 0 spiro atoms. The lowest BCUT2D eigenvalue weighted by atomic mass is 9.89. The molecular weight excluding hydrogens is 328 g/mol. The summed E-state index contributed by atoms with van der Waals surface area (Å²) in [5, 5.41) is 0.0551. The molecule has 1 amide bonds. The molecule has 3 nitrogen and oxygen atoms in total. The number of unbranched alkanes of at least 4 members (excludes halogenated alkanes) is 1. The molecule has 0 radical (unpaired) electrons. The molecule has 0 aromatic heterocycles. The lowest BCUT2D eigenvalue weighted by molar-refractivity contribution is -0.129. The lowest BCUT2D eigenvalue weighted by Crippen LogP contribution is -2.35. The molecular formula is C18H29ClN2OS. The first-order chi connectivity index (χ1) is 10.7. The van der Waals surface area contributed by atoms with Gasteiger partial charge >= 0.3 is 0 Å². The normalized spacial score (nSPS) is 21.8. The maximum atomic E-state index is 12.6. The SMILES string of the molecule is CCCCSC(C)C(=O)N1C[C@@H](CN)[C@H](c2ccccc2)C1.Cl. The molecule has 23 heavy (non-hydrogen) atoms. The van der Waals surface area contributed by atoms with Crippen molar-refractivity contribution in [2.45, 2.75) is 37.9 Å². The van der Waals surface area contributed by atoms with Gasteiger partial charge in [0, 0.05) is 19.0 Å². The average Bonchev–Trinajstić information content (AvgIpc) is 2.99. The van der Waals surface area contributed by atoms with E-state index in [1.165, 1.54) is 18.4 Å². The highest BCUT2D eigenvalue weighted by Crippen LogP contribution is 2.33. The van der Waals surface area contributed by atoms with Gasteiger partial charge in [-0.1, -0.05) is 43.7 Å². The predicted molar refractivity (Wildman–Crippen MR) is 102 cm³/mol. The van der Waals surface area contributed by atoms with E-state index in [4.69, 9.17) is 5.73 Å².